The van der Waals surface area contributed by atoms with E-state index in [0.717, 1.165) is 50.6 Å². The topological polar surface area (TPSA) is 30.9 Å². The molecule has 2 saturated heterocycles. The van der Waals surface area contributed by atoms with E-state index >= 15 is 0 Å². The van der Waals surface area contributed by atoms with Crippen LogP contribution in [0.1, 0.15) is 43.2 Å². The van der Waals surface area contributed by atoms with Crippen molar-refractivity contribution in [3.63, 3.8) is 0 Å². The Kier molecular flexibility index (Phi) is 3.57. The van der Waals surface area contributed by atoms with E-state index in [-0.39, 0.29) is 5.41 Å². The lowest BCUT2D eigenvalue weighted by Gasteiger charge is -2.57. The number of hydrogen-bond donors (Lipinski definition) is 0. The summed E-state index contributed by atoms with van der Waals surface area (Å²) in [6, 6.07) is 7.28. The van der Waals surface area contributed by atoms with Gasteiger partial charge in [0.15, 0.2) is 5.79 Å². The fourth-order valence-corrected chi connectivity index (χ4v) is 6.18. The third kappa shape index (κ3) is 2.46. The van der Waals surface area contributed by atoms with Crippen LogP contribution in [0.25, 0.3) is 0 Å². The predicted molar refractivity (Wildman–Crippen MR) is 103 cm³/mol. The zero-order chi connectivity index (χ0) is 18.1. The van der Waals surface area contributed by atoms with Crippen LogP contribution in [0.4, 0.5) is 0 Å². The zero-order valence-corrected chi connectivity index (χ0v) is 16.2. The van der Waals surface area contributed by atoms with Crippen molar-refractivity contribution in [2.45, 2.75) is 55.8 Å². The molecule has 144 valence electrons. The lowest BCUT2D eigenvalue weighted by Crippen LogP contribution is -2.59. The Labute approximate surface area is 161 Å². The van der Waals surface area contributed by atoms with Gasteiger partial charge < -0.3 is 14.2 Å². The van der Waals surface area contributed by atoms with Crippen molar-refractivity contribution < 1.29 is 14.2 Å². The van der Waals surface area contributed by atoms with E-state index in [1.807, 2.05) is 0 Å². The fraction of sp³-hybridized carbons (Fsp3) is 0.652. The van der Waals surface area contributed by atoms with Gasteiger partial charge in [-0.1, -0.05) is 12.1 Å². The molecule has 4 heteroatoms. The SMILES string of the molecule is COc1ccc2c(c1)C13CCN(CC4CC4)C(C2)C1=CCC1(C3)OCCO1. The third-order valence-electron chi connectivity index (χ3n) is 7.63. The Morgan fingerprint density at radius 2 is 2.07 bits per heavy atom. The predicted octanol–water partition coefficient (Wildman–Crippen LogP) is 3.44. The molecule has 2 bridgehead atoms. The van der Waals surface area contributed by atoms with Crippen LogP contribution < -0.4 is 4.74 Å². The van der Waals surface area contributed by atoms with Crippen molar-refractivity contribution in [2.24, 2.45) is 5.92 Å². The fourth-order valence-electron chi connectivity index (χ4n) is 6.18. The molecule has 2 atom stereocenters. The van der Waals surface area contributed by atoms with E-state index in [1.165, 1.54) is 37.1 Å². The Bertz CT molecular complexity index is 793. The summed E-state index contributed by atoms with van der Waals surface area (Å²) in [5.74, 6) is 1.49. The van der Waals surface area contributed by atoms with E-state index in [9.17, 15) is 0 Å². The highest BCUT2D eigenvalue weighted by Crippen LogP contribution is 2.57. The minimum absolute atomic E-state index is 0.0510. The van der Waals surface area contributed by atoms with Crippen LogP contribution in [0.3, 0.4) is 0 Å². The summed E-state index contributed by atoms with van der Waals surface area (Å²) in [6.07, 6.45) is 9.49. The first kappa shape index (κ1) is 16.6. The molecule has 3 fully saturated rings. The molecule has 1 aromatic rings. The van der Waals surface area contributed by atoms with Gasteiger partial charge in [0.25, 0.3) is 0 Å². The molecular weight excluding hydrogens is 338 g/mol. The van der Waals surface area contributed by atoms with E-state index in [0.29, 0.717) is 6.04 Å². The molecule has 2 aliphatic heterocycles. The number of fused-ring (bicyclic) bond motifs is 1. The molecule has 0 N–H and O–H groups in total. The van der Waals surface area contributed by atoms with Crippen LogP contribution in [0.5, 0.6) is 5.75 Å². The molecule has 2 heterocycles. The second-order valence-electron chi connectivity index (χ2n) is 9.16. The van der Waals surface area contributed by atoms with Crippen LogP contribution in [-0.4, -0.2) is 50.1 Å². The minimum atomic E-state index is -0.412. The number of benzene rings is 1. The lowest BCUT2D eigenvalue weighted by molar-refractivity contribution is -0.176. The monoisotopic (exact) mass is 367 g/mol. The molecule has 0 amide bonds. The number of hydrogen-bond acceptors (Lipinski definition) is 4. The van der Waals surface area contributed by atoms with Gasteiger partial charge in [0.1, 0.15) is 5.75 Å². The summed E-state index contributed by atoms with van der Waals surface area (Å²) < 4.78 is 18.0. The Morgan fingerprint density at radius 3 is 2.85 bits per heavy atom. The number of piperidine rings is 1. The molecule has 4 nitrogen and oxygen atoms in total. The van der Waals surface area contributed by atoms with Gasteiger partial charge in [-0.15, -0.1) is 0 Å². The second-order valence-corrected chi connectivity index (χ2v) is 9.16. The van der Waals surface area contributed by atoms with Crippen molar-refractivity contribution in [2.75, 3.05) is 33.4 Å². The Balaban J connectivity index is 1.48. The first-order valence-corrected chi connectivity index (χ1v) is 10.6. The molecule has 27 heavy (non-hydrogen) atoms. The average Bonchev–Trinajstić information content (AvgIpc) is 3.41. The maximum absolute atomic E-state index is 6.18. The smallest absolute Gasteiger partial charge is 0.173 e. The normalized spacial score (nSPS) is 34.1. The number of nitrogens with zero attached hydrogens (tertiary/aromatic N) is 1. The minimum Gasteiger partial charge on any atom is -0.497 e. The van der Waals surface area contributed by atoms with E-state index in [2.05, 4.69) is 29.2 Å². The first-order chi connectivity index (χ1) is 13.2. The lowest BCUT2D eigenvalue weighted by atomic mass is 9.55. The van der Waals surface area contributed by atoms with Gasteiger partial charge in [0, 0.05) is 30.8 Å². The summed E-state index contributed by atoms with van der Waals surface area (Å²) >= 11 is 0. The van der Waals surface area contributed by atoms with E-state index in [4.69, 9.17) is 14.2 Å². The van der Waals surface area contributed by atoms with Crippen LogP contribution in [-0.2, 0) is 21.3 Å². The third-order valence-corrected chi connectivity index (χ3v) is 7.63. The second kappa shape index (κ2) is 5.82. The Morgan fingerprint density at radius 1 is 1.22 bits per heavy atom. The van der Waals surface area contributed by atoms with Gasteiger partial charge in [-0.2, -0.15) is 0 Å². The molecular formula is C23H29NO3. The van der Waals surface area contributed by atoms with Crippen LogP contribution in [0.2, 0.25) is 0 Å². The number of rotatable bonds is 3. The molecule has 6 rings (SSSR count). The van der Waals surface area contributed by atoms with Gasteiger partial charge in [-0.05, 0) is 67.0 Å². The summed E-state index contributed by atoms with van der Waals surface area (Å²) in [6.45, 7) is 3.91. The zero-order valence-electron chi connectivity index (χ0n) is 16.2. The maximum Gasteiger partial charge on any atom is 0.173 e. The summed E-state index contributed by atoms with van der Waals surface area (Å²) in [4.78, 5) is 2.78. The molecule has 1 spiro atoms. The number of ether oxygens (including phenoxy) is 3. The molecule has 1 saturated carbocycles. The molecule has 3 aliphatic carbocycles. The van der Waals surface area contributed by atoms with Crippen molar-refractivity contribution in [1.29, 1.82) is 0 Å². The summed E-state index contributed by atoms with van der Waals surface area (Å²) in [5.41, 5.74) is 4.65. The van der Waals surface area contributed by atoms with Gasteiger partial charge in [-0.25, -0.2) is 0 Å². The molecule has 1 aromatic carbocycles. The van der Waals surface area contributed by atoms with Crippen LogP contribution >= 0.6 is 0 Å². The van der Waals surface area contributed by atoms with E-state index in [1.54, 1.807) is 12.7 Å². The van der Waals surface area contributed by atoms with Crippen LogP contribution in [0.15, 0.2) is 29.8 Å². The number of likely N-dealkylation sites (tertiary alicyclic amines) is 1. The number of methoxy groups -OCH3 is 1. The van der Waals surface area contributed by atoms with Crippen molar-refractivity contribution in [1.82, 2.24) is 4.90 Å². The van der Waals surface area contributed by atoms with Crippen molar-refractivity contribution in [3.05, 3.63) is 41.0 Å². The van der Waals surface area contributed by atoms with E-state index < -0.39 is 5.79 Å². The molecule has 0 radical (unpaired) electrons. The maximum atomic E-state index is 6.18. The average molecular weight is 367 g/mol. The van der Waals surface area contributed by atoms with Crippen molar-refractivity contribution >= 4 is 0 Å². The summed E-state index contributed by atoms with van der Waals surface area (Å²) in [5, 5.41) is 0. The highest BCUT2D eigenvalue weighted by molar-refractivity contribution is 5.54. The first-order valence-electron chi connectivity index (χ1n) is 10.6. The molecule has 2 unspecified atom stereocenters. The van der Waals surface area contributed by atoms with Gasteiger partial charge in [-0.3, -0.25) is 4.90 Å². The van der Waals surface area contributed by atoms with Crippen molar-refractivity contribution in [3.8, 4) is 5.75 Å². The Hall–Kier alpha value is -1.36. The summed E-state index contributed by atoms with van der Waals surface area (Å²) in [7, 11) is 1.77. The highest BCUT2D eigenvalue weighted by Gasteiger charge is 2.57. The molecule has 5 aliphatic rings. The van der Waals surface area contributed by atoms with Gasteiger partial charge in [0.2, 0.25) is 0 Å². The largest absolute Gasteiger partial charge is 0.497 e. The standard InChI is InChI=1S/C23H29NO3/c1-25-18-5-4-17-12-21-19-6-7-23(26-10-11-27-23)15-22(19,20(17)13-18)8-9-24(21)14-16-2-3-16/h4-6,13,16,21H,2-3,7-12,14-15H2,1H3. The quantitative estimate of drug-likeness (QED) is 0.766. The molecule has 0 aromatic heterocycles. The highest BCUT2D eigenvalue weighted by atomic mass is 16.7. The van der Waals surface area contributed by atoms with Gasteiger partial charge in [0.05, 0.1) is 20.3 Å². The van der Waals surface area contributed by atoms with Gasteiger partial charge >= 0.3 is 0 Å². The van der Waals surface area contributed by atoms with Crippen LogP contribution in [0, 0.1) is 5.92 Å².